The van der Waals surface area contributed by atoms with Crippen LogP contribution in [0.15, 0.2) is 0 Å². The molecule has 1 fully saturated rings. The van der Waals surface area contributed by atoms with E-state index in [2.05, 4.69) is 6.92 Å². The zero-order valence-electron chi connectivity index (χ0n) is 12.2. The van der Waals surface area contributed by atoms with E-state index in [1.54, 1.807) is 0 Å². The van der Waals surface area contributed by atoms with Crippen LogP contribution in [0.25, 0.3) is 0 Å². The molecule has 0 saturated carbocycles. The molecule has 1 rings (SSSR count). The minimum Gasteiger partial charge on any atom is -0.454 e. The quantitative estimate of drug-likeness (QED) is 0.424. The molecule has 0 amide bonds. The highest BCUT2D eigenvalue weighted by molar-refractivity contribution is 5.81. The van der Waals surface area contributed by atoms with E-state index in [0.717, 1.165) is 25.7 Å². The molecule has 0 aromatic rings. The number of unbranched alkanes of at least 4 members (excludes halogenated alkanes) is 4. The van der Waals surface area contributed by atoms with Crippen molar-refractivity contribution in [3.63, 3.8) is 0 Å². The van der Waals surface area contributed by atoms with Crippen molar-refractivity contribution in [2.24, 2.45) is 0 Å². The first kappa shape index (κ1) is 17.9. The van der Waals surface area contributed by atoms with E-state index < -0.39 is 43.0 Å². The Kier molecular flexibility index (Phi) is 7.63. The third kappa shape index (κ3) is 5.26. The Morgan fingerprint density at radius 2 is 1.86 bits per heavy atom. The van der Waals surface area contributed by atoms with Gasteiger partial charge in [-0.25, -0.2) is 4.79 Å². The van der Waals surface area contributed by atoms with Gasteiger partial charge < -0.3 is 24.8 Å². The average Bonchev–Trinajstić information content (AvgIpc) is 2.47. The zero-order valence-corrected chi connectivity index (χ0v) is 12.2. The molecule has 0 radical (unpaired) electrons. The maximum Gasteiger partial charge on any atom is 0.350 e. The molecule has 1 saturated heterocycles. The van der Waals surface area contributed by atoms with Crippen molar-refractivity contribution >= 4 is 11.9 Å². The maximum absolute atomic E-state index is 11.6. The summed E-state index contributed by atoms with van der Waals surface area (Å²) in [6.45, 7) is 1.48. The van der Waals surface area contributed by atoms with Crippen molar-refractivity contribution < 1.29 is 34.4 Å². The summed E-state index contributed by atoms with van der Waals surface area (Å²) in [7, 11) is 0. The Hall–Kier alpha value is -1.18. The predicted molar refractivity (Wildman–Crippen MR) is 72.2 cm³/mol. The Labute approximate surface area is 123 Å². The Balaban J connectivity index is 2.39. The lowest BCUT2D eigenvalue weighted by Crippen LogP contribution is -2.57. The summed E-state index contributed by atoms with van der Waals surface area (Å²) in [5.74, 6) is -1.56. The molecule has 1 aliphatic rings. The number of hydrogen-bond acceptors (Lipinski definition) is 7. The van der Waals surface area contributed by atoms with Crippen LogP contribution in [0.1, 0.15) is 45.4 Å². The number of carbonyl (C=O) groups excluding carboxylic acids is 2. The largest absolute Gasteiger partial charge is 0.454 e. The van der Waals surface area contributed by atoms with Crippen molar-refractivity contribution in [2.45, 2.75) is 69.9 Å². The van der Waals surface area contributed by atoms with E-state index in [-0.39, 0.29) is 6.42 Å². The molecule has 0 bridgehead atoms. The number of rotatable bonds is 8. The highest BCUT2D eigenvalue weighted by Gasteiger charge is 2.46. The van der Waals surface area contributed by atoms with Crippen LogP contribution in [0.4, 0.5) is 0 Å². The fraction of sp³-hybridized carbons (Fsp3) is 0.857. The Morgan fingerprint density at radius 1 is 1.19 bits per heavy atom. The topological polar surface area (TPSA) is 113 Å². The van der Waals surface area contributed by atoms with Gasteiger partial charge in [-0.15, -0.1) is 0 Å². The molecule has 7 nitrogen and oxygen atoms in total. The smallest absolute Gasteiger partial charge is 0.350 e. The predicted octanol–water partition coefficient (Wildman–Crippen LogP) is -0.102. The third-order valence-corrected chi connectivity index (χ3v) is 3.46. The van der Waals surface area contributed by atoms with E-state index in [0.29, 0.717) is 6.42 Å². The highest BCUT2D eigenvalue weighted by Crippen LogP contribution is 2.20. The number of ether oxygens (including phenoxy) is 2. The second kappa shape index (κ2) is 8.96. The summed E-state index contributed by atoms with van der Waals surface area (Å²) in [5.41, 5.74) is 0. The second-order valence-corrected chi connectivity index (χ2v) is 5.21. The molecule has 21 heavy (non-hydrogen) atoms. The van der Waals surface area contributed by atoms with E-state index in [4.69, 9.17) is 14.6 Å². The van der Waals surface area contributed by atoms with Crippen LogP contribution < -0.4 is 0 Å². The highest BCUT2D eigenvalue weighted by atomic mass is 16.6. The molecular weight excluding hydrogens is 280 g/mol. The Bertz CT molecular complexity index is 344. The lowest BCUT2D eigenvalue weighted by atomic mass is 10.00. The van der Waals surface area contributed by atoms with Gasteiger partial charge in [0.25, 0.3) is 0 Å². The summed E-state index contributed by atoms with van der Waals surface area (Å²) in [4.78, 5) is 23.2. The second-order valence-electron chi connectivity index (χ2n) is 5.21. The van der Waals surface area contributed by atoms with Gasteiger partial charge in [-0.3, -0.25) is 4.79 Å². The van der Waals surface area contributed by atoms with Gasteiger partial charge in [-0.05, 0) is 6.42 Å². The van der Waals surface area contributed by atoms with Gasteiger partial charge in [0.1, 0.15) is 12.2 Å². The van der Waals surface area contributed by atoms with Crippen LogP contribution in [0.5, 0.6) is 0 Å². The van der Waals surface area contributed by atoms with Crippen LogP contribution in [0.2, 0.25) is 0 Å². The van der Waals surface area contributed by atoms with E-state index in [1.807, 2.05) is 0 Å². The standard InChI is InChI=1S/C14H24O7/c1-2-3-4-5-6-7-10(16)21-13-12(18)11(17)9(8-15)20-14(13)19/h9,11-13,15,17-18H,2-8H2,1H3. The molecule has 1 aliphatic heterocycles. The van der Waals surface area contributed by atoms with Gasteiger partial charge >= 0.3 is 11.9 Å². The first-order valence-electron chi connectivity index (χ1n) is 7.38. The molecule has 0 aromatic carbocycles. The van der Waals surface area contributed by atoms with Gasteiger partial charge in [0.15, 0.2) is 6.10 Å². The number of esters is 2. The van der Waals surface area contributed by atoms with Gasteiger partial charge in [0.05, 0.1) is 6.61 Å². The van der Waals surface area contributed by atoms with Gasteiger partial charge in [-0.1, -0.05) is 32.6 Å². The van der Waals surface area contributed by atoms with Crippen LogP contribution in [0.3, 0.4) is 0 Å². The summed E-state index contributed by atoms with van der Waals surface area (Å²) in [6, 6.07) is 0. The van der Waals surface area contributed by atoms with Gasteiger partial charge in [-0.2, -0.15) is 0 Å². The molecule has 0 aromatic heterocycles. The van der Waals surface area contributed by atoms with Crippen molar-refractivity contribution in [1.82, 2.24) is 0 Å². The molecular formula is C14H24O7. The fourth-order valence-corrected chi connectivity index (χ4v) is 2.16. The van der Waals surface area contributed by atoms with Crippen molar-refractivity contribution in [1.29, 1.82) is 0 Å². The third-order valence-electron chi connectivity index (χ3n) is 3.46. The molecule has 0 aliphatic carbocycles. The van der Waals surface area contributed by atoms with Crippen molar-refractivity contribution in [3.8, 4) is 0 Å². The summed E-state index contributed by atoms with van der Waals surface area (Å²) in [6.07, 6.45) is -0.848. The average molecular weight is 304 g/mol. The molecule has 4 unspecified atom stereocenters. The summed E-state index contributed by atoms with van der Waals surface area (Å²) < 4.78 is 9.59. The fourth-order valence-electron chi connectivity index (χ4n) is 2.16. The Morgan fingerprint density at radius 3 is 2.48 bits per heavy atom. The van der Waals surface area contributed by atoms with Gasteiger partial charge in [0, 0.05) is 6.42 Å². The number of aliphatic hydroxyl groups is 3. The number of aliphatic hydroxyl groups excluding tert-OH is 3. The maximum atomic E-state index is 11.6. The monoisotopic (exact) mass is 304 g/mol. The summed E-state index contributed by atoms with van der Waals surface area (Å²) in [5, 5.41) is 28.3. The molecule has 4 atom stereocenters. The minimum atomic E-state index is -1.59. The first-order chi connectivity index (χ1) is 10.0. The van der Waals surface area contributed by atoms with E-state index >= 15 is 0 Å². The normalized spacial score (nSPS) is 29.0. The first-order valence-corrected chi connectivity index (χ1v) is 7.38. The SMILES string of the molecule is CCCCCCCC(=O)OC1C(=O)OC(CO)C(O)C1O. The van der Waals surface area contributed by atoms with Crippen molar-refractivity contribution in [2.75, 3.05) is 6.61 Å². The number of hydrogen-bond donors (Lipinski definition) is 3. The van der Waals surface area contributed by atoms with E-state index in [1.165, 1.54) is 0 Å². The number of carbonyl (C=O) groups is 2. The van der Waals surface area contributed by atoms with Crippen LogP contribution >= 0.6 is 0 Å². The molecule has 0 spiro atoms. The number of cyclic esters (lactones) is 1. The molecule has 3 N–H and O–H groups in total. The molecule has 1 heterocycles. The molecule has 7 heteroatoms. The lowest BCUT2D eigenvalue weighted by molar-refractivity contribution is -0.215. The summed E-state index contributed by atoms with van der Waals surface area (Å²) >= 11 is 0. The minimum absolute atomic E-state index is 0.153. The van der Waals surface area contributed by atoms with E-state index in [9.17, 15) is 19.8 Å². The van der Waals surface area contributed by atoms with Crippen LogP contribution in [0, 0.1) is 0 Å². The van der Waals surface area contributed by atoms with Crippen LogP contribution in [-0.4, -0.2) is 58.3 Å². The van der Waals surface area contributed by atoms with Crippen molar-refractivity contribution in [3.05, 3.63) is 0 Å². The molecule has 122 valence electrons. The van der Waals surface area contributed by atoms with Crippen LogP contribution in [-0.2, 0) is 19.1 Å². The lowest BCUT2D eigenvalue weighted by Gasteiger charge is -2.34. The van der Waals surface area contributed by atoms with Gasteiger partial charge in [0.2, 0.25) is 6.10 Å². The zero-order chi connectivity index (χ0) is 15.8.